The van der Waals surface area contributed by atoms with Crippen LogP contribution in [0.1, 0.15) is 0 Å². The summed E-state index contributed by atoms with van der Waals surface area (Å²) in [5.74, 6) is 0. The summed E-state index contributed by atoms with van der Waals surface area (Å²) >= 11 is 0. The molecular weight excluding hydrogens is 187 g/mol. The number of hydrogen-bond donors (Lipinski definition) is 0. The third-order valence-corrected chi connectivity index (χ3v) is 1.43. The van der Waals surface area contributed by atoms with Crippen LogP contribution in [-0.4, -0.2) is 4.98 Å². The molecule has 11 heavy (non-hydrogen) atoms. The Morgan fingerprint density at radius 3 is 2.82 bits per heavy atom. The van der Waals surface area contributed by atoms with Crippen LogP contribution in [-0.2, 0) is 19.5 Å². The molecule has 0 fully saturated rings. The first-order valence-corrected chi connectivity index (χ1v) is 3.18. The van der Waals surface area contributed by atoms with Crippen LogP contribution in [0.25, 0.3) is 10.9 Å². The van der Waals surface area contributed by atoms with E-state index in [2.05, 4.69) is 11.1 Å². The van der Waals surface area contributed by atoms with Crippen molar-refractivity contribution in [2.75, 3.05) is 0 Å². The van der Waals surface area contributed by atoms with Crippen LogP contribution in [0.3, 0.4) is 0 Å². The average Bonchev–Trinajstić information content (AvgIpc) is 2.05. The number of pyridine rings is 1. The number of nitrogens with zero attached hydrogens (tertiary/aromatic N) is 1. The Morgan fingerprint density at radius 2 is 2.00 bits per heavy atom. The number of fused-ring (bicyclic) bond motifs is 1. The van der Waals surface area contributed by atoms with Gasteiger partial charge >= 0.3 is 0 Å². The summed E-state index contributed by atoms with van der Waals surface area (Å²) in [5, 5.41) is 1.14. The van der Waals surface area contributed by atoms with Crippen molar-refractivity contribution in [2.24, 2.45) is 0 Å². The molecule has 0 aliphatic heterocycles. The van der Waals surface area contributed by atoms with Gasteiger partial charge in [0.1, 0.15) is 0 Å². The molecule has 1 heterocycles. The summed E-state index contributed by atoms with van der Waals surface area (Å²) < 4.78 is 0. The maximum atomic E-state index is 4.13. The molecule has 0 atom stereocenters. The van der Waals surface area contributed by atoms with E-state index in [1.165, 1.54) is 0 Å². The quantitative estimate of drug-likeness (QED) is 0.461. The van der Waals surface area contributed by atoms with Crippen LogP contribution < -0.4 is 0 Å². The molecule has 2 heteroatoms. The smallest absolute Gasteiger partial charge is 0.0239 e. The van der Waals surface area contributed by atoms with Crippen molar-refractivity contribution in [3.05, 3.63) is 42.6 Å². The molecule has 50 valence electrons. The first kappa shape index (κ1) is 8.35. The van der Waals surface area contributed by atoms with Gasteiger partial charge in [0.25, 0.3) is 0 Å². The number of para-hydroxylation sites is 1. The maximum absolute atomic E-state index is 4.13. The van der Waals surface area contributed by atoms with Gasteiger partial charge < -0.3 is 0 Å². The predicted molar refractivity (Wildman–Crippen MR) is 40.6 cm³/mol. The van der Waals surface area contributed by atoms with Crippen molar-refractivity contribution >= 4 is 10.9 Å². The Hall–Kier alpha value is -0.747. The Kier molecular flexibility index (Phi) is 2.72. The summed E-state index contributed by atoms with van der Waals surface area (Å²) in [6.07, 6.45) is 1.78. The topological polar surface area (TPSA) is 12.9 Å². The van der Waals surface area contributed by atoms with Crippen molar-refractivity contribution in [1.82, 2.24) is 4.98 Å². The van der Waals surface area contributed by atoms with Crippen molar-refractivity contribution in [3.8, 4) is 0 Å². The Morgan fingerprint density at radius 1 is 1.18 bits per heavy atom. The minimum absolute atomic E-state index is 0. The minimum atomic E-state index is 0. The van der Waals surface area contributed by atoms with E-state index in [0.29, 0.717) is 0 Å². The predicted octanol–water partition coefficient (Wildman–Crippen LogP) is 2.03. The summed E-state index contributed by atoms with van der Waals surface area (Å²) in [7, 11) is 0. The van der Waals surface area contributed by atoms with Gasteiger partial charge in [-0.2, -0.15) is 24.3 Å². The third-order valence-electron chi connectivity index (χ3n) is 1.43. The molecule has 0 aliphatic carbocycles. The van der Waals surface area contributed by atoms with Gasteiger partial charge in [-0.15, -0.1) is 11.5 Å². The van der Waals surface area contributed by atoms with Gasteiger partial charge in [-0.3, -0.25) is 4.98 Å². The maximum Gasteiger partial charge on any atom is 0.0239 e. The Balaban J connectivity index is 0.000000605. The molecule has 2 aromatic rings. The molecule has 0 saturated carbocycles. The first-order chi connectivity index (χ1) is 4.97. The molecule has 0 radical (unpaired) electrons. The molecule has 1 nitrogen and oxygen atoms in total. The van der Waals surface area contributed by atoms with Crippen LogP contribution in [0.2, 0.25) is 0 Å². The fraction of sp³-hybridized carbons (Fsp3) is 0. The molecule has 0 aliphatic rings. The largest absolute Gasteiger partial charge is 0.283 e. The summed E-state index contributed by atoms with van der Waals surface area (Å²) in [5.41, 5.74) is 0.935. The molecule has 0 spiro atoms. The minimum Gasteiger partial charge on any atom is -0.283 e. The molecule has 0 unspecified atom stereocenters. The van der Waals surface area contributed by atoms with Crippen LogP contribution in [0, 0.1) is 6.07 Å². The summed E-state index contributed by atoms with van der Waals surface area (Å²) in [6, 6.07) is 12.9. The molecule has 0 bridgehead atoms. The molecule has 2 rings (SSSR count). The average molecular weight is 194 g/mol. The second kappa shape index (κ2) is 3.59. The second-order valence-electron chi connectivity index (χ2n) is 2.11. The van der Waals surface area contributed by atoms with Crippen LogP contribution >= 0.6 is 0 Å². The van der Waals surface area contributed by atoms with E-state index in [0.717, 1.165) is 10.9 Å². The Labute approximate surface area is 78.2 Å². The summed E-state index contributed by atoms with van der Waals surface area (Å²) in [4.78, 5) is 4.13. The molecule has 0 amide bonds. The fourth-order valence-corrected chi connectivity index (χ4v) is 0.952. The molecule has 1 aromatic carbocycles. The van der Waals surface area contributed by atoms with Crippen LogP contribution in [0.5, 0.6) is 0 Å². The summed E-state index contributed by atoms with van der Waals surface area (Å²) in [6.45, 7) is 0. The third kappa shape index (κ3) is 1.64. The van der Waals surface area contributed by atoms with Crippen molar-refractivity contribution in [2.45, 2.75) is 0 Å². The van der Waals surface area contributed by atoms with E-state index in [1.807, 2.05) is 30.3 Å². The van der Waals surface area contributed by atoms with E-state index < -0.39 is 0 Å². The molecular formula is C9H6NZn-. The van der Waals surface area contributed by atoms with Crippen LogP contribution in [0.4, 0.5) is 0 Å². The second-order valence-corrected chi connectivity index (χ2v) is 2.11. The van der Waals surface area contributed by atoms with Gasteiger partial charge in [-0.05, 0) is 5.52 Å². The molecule has 1 aromatic heterocycles. The number of hydrogen-bond acceptors (Lipinski definition) is 1. The molecule has 0 saturated heterocycles. The van der Waals surface area contributed by atoms with Gasteiger partial charge in [0.2, 0.25) is 0 Å². The van der Waals surface area contributed by atoms with Gasteiger partial charge in [-0.25, -0.2) is 0 Å². The number of rotatable bonds is 0. The van der Waals surface area contributed by atoms with E-state index in [-0.39, 0.29) is 19.5 Å². The first-order valence-electron chi connectivity index (χ1n) is 3.18. The monoisotopic (exact) mass is 192 g/mol. The normalized spacial score (nSPS) is 9.09. The molecule has 0 N–H and O–H groups in total. The number of aromatic nitrogens is 1. The van der Waals surface area contributed by atoms with Crippen LogP contribution in [0.15, 0.2) is 36.5 Å². The van der Waals surface area contributed by atoms with E-state index in [9.17, 15) is 0 Å². The zero-order valence-corrected chi connectivity index (χ0v) is 9.09. The fourth-order valence-electron chi connectivity index (χ4n) is 0.952. The van der Waals surface area contributed by atoms with Gasteiger partial charge in [0.15, 0.2) is 0 Å². The number of benzene rings is 1. The van der Waals surface area contributed by atoms with E-state index in [4.69, 9.17) is 0 Å². The zero-order chi connectivity index (χ0) is 6.81. The van der Waals surface area contributed by atoms with Crippen molar-refractivity contribution in [1.29, 1.82) is 0 Å². The van der Waals surface area contributed by atoms with Gasteiger partial charge in [0.05, 0.1) is 0 Å². The van der Waals surface area contributed by atoms with Gasteiger partial charge in [-0.1, -0.05) is 6.07 Å². The van der Waals surface area contributed by atoms with Gasteiger partial charge in [0, 0.05) is 25.7 Å². The standard InChI is InChI=1S/C9H6N.Zn/c1-2-6-9-8(4-1)5-3-7-10-9;/h1-5,7H;/q-1;. The van der Waals surface area contributed by atoms with E-state index >= 15 is 0 Å². The van der Waals surface area contributed by atoms with Crippen molar-refractivity contribution in [3.63, 3.8) is 0 Å². The Bertz CT molecular complexity index is 281. The zero-order valence-electron chi connectivity index (χ0n) is 6.12. The van der Waals surface area contributed by atoms with Crippen molar-refractivity contribution < 1.29 is 19.5 Å². The van der Waals surface area contributed by atoms with E-state index in [1.54, 1.807) is 6.20 Å². The SMILES string of the molecule is [Zn].[c-]1cccc2cccnc12.